The molecule has 0 aliphatic carbocycles. The van der Waals surface area contributed by atoms with Gasteiger partial charge < -0.3 is 5.11 Å². The number of carbonyl (C=O) groups excluding carboxylic acids is 1. The van der Waals surface area contributed by atoms with Crippen LogP contribution in [0.2, 0.25) is 0 Å². The fraction of sp³-hybridized carbons (Fsp3) is 0.188. The lowest BCUT2D eigenvalue weighted by Crippen LogP contribution is -2.56. The quantitative estimate of drug-likeness (QED) is 0.820. The molecule has 1 aromatic heterocycles. The summed E-state index contributed by atoms with van der Waals surface area (Å²) < 4.78 is 41.2. The Kier molecular flexibility index (Phi) is 4.38. The first-order valence-electron chi connectivity index (χ1n) is 7.09. The summed E-state index contributed by atoms with van der Waals surface area (Å²) in [6.45, 7) is 0. The Morgan fingerprint density at radius 3 is 2.48 bits per heavy atom. The van der Waals surface area contributed by atoms with Crippen LogP contribution >= 0.6 is 15.9 Å². The Morgan fingerprint density at radius 2 is 1.92 bits per heavy atom. The SMILES string of the molecule is O=C(c1cccnc1)N1N=C(c2ccc(Br)cc2)C[C@@]1(O)C(F)(F)F. The minimum atomic E-state index is -5.08. The molecule has 1 aliphatic rings. The molecule has 9 heteroatoms. The average molecular weight is 414 g/mol. The number of rotatable bonds is 2. The van der Waals surface area contributed by atoms with Crippen molar-refractivity contribution in [1.82, 2.24) is 9.99 Å². The van der Waals surface area contributed by atoms with Crippen molar-refractivity contribution in [2.75, 3.05) is 0 Å². The molecule has 1 N–H and O–H groups in total. The van der Waals surface area contributed by atoms with Gasteiger partial charge in [-0.3, -0.25) is 9.78 Å². The molecule has 0 spiro atoms. The molecule has 130 valence electrons. The van der Waals surface area contributed by atoms with Crippen LogP contribution in [-0.2, 0) is 0 Å². The Bertz CT molecular complexity index is 825. The van der Waals surface area contributed by atoms with Crippen LogP contribution in [0.5, 0.6) is 0 Å². The number of hydrogen-bond acceptors (Lipinski definition) is 4. The maximum absolute atomic E-state index is 13.5. The highest BCUT2D eigenvalue weighted by atomic mass is 79.9. The number of alkyl halides is 3. The predicted octanol–water partition coefficient (Wildman–Crippen LogP) is 3.35. The van der Waals surface area contributed by atoms with Gasteiger partial charge in [0.2, 0.25) is 0 Å². The van der Waals surface area contributed by atoms with E-state index in [0.29, 0.717) is 5.56 Å². The van der Waals surface area contributed by atoms with Crippen LogP contribution in [0.4, 0.5) is 13.2 Å². The largest absolute Gasteiger partial charge is 0.438 e. The van der Waals surface area contributed by atoms with Gasteiger partial charge in [0.25, 0.3) is 11.6 Å². The van der Waals surface area contributed by atoms with Gasteiger partial charge in [-0.1, -0.05) is 28.1 Å². The molecule has 0 bridgehead atoms. The molecule has 2 aromatic rings. The van der Waals surface area contributed by atoms with E-state index in [0.717, 1.165) is 10.7 Å². The predicted molar refractivity (Wildman–Crippen MR) is 86.7 cm³/mol. The number of aromatic nitrogens is 1. The molecule has 0 saturated heterocycles. The van der Waals surface area contributed by atoms with E-state index >= 15 is 0 Å². The molecule has 5 nitrogen and oxygen atoms in total. The number of hydrazone groups is 1. The van der Waals surface area contributed by atoms with Gasteiger partial charge in [-0.15, -0.1) is 0 Å². The van der Waals surface area contributed by atoms with Crippen molar-refractivity contribution in [3.8, 4) is 0 Å². The third-order valence-electron chi connectivity index (χ3n) is 3.72. The monoisotopic (exact) mass is 413 g/mol. The fourth-order valence-corrected chi connectivity index (χ4v) is 2.66. The summed E-state index contributed by atoms with van der Waals surface area (Å²) in [5.41, 5.74) is -3.18. The van der Waals surface area contributed by atoms with Crippen molar-refractivity contribution in [3.63, 3.8) is 0 Å². The number of hydrogen-bond donors (Lipinski definition) is 1. The van der Waals surface area contributed by atoms with Gasteiger partial charge in [-0.2, -0.15) is 23.3 Å². The van der Waals surface area contributed by atoms with Crippen molar-refractivity contribution in [1.29, 1.82) is 0 Å². The second-order valence-corrected chi connectivity index (χ2v) is 6.32. The van der Waals surface area contributed by atoms with E-state index in [9.17, 15) is 23.1 Å². The van der Waals surface area contributed by atoms with Crippen LogP contribution in [0, 0.1) is 0 Å². The minimum absolute atomic E-state index is 0.0374. The molecule has 3 rings (SSSR count). The molecule has 25 heavy (non-hydrogen) atoms. The summed E-state index contributed by atoms with van der Waals surface area (Å²) in [5.74, 6) is -1.08. The highest BCUT2D eigenvalue weighted by Crippen LogP contribution is 2.42. The molecule has 0 fully saturated rings. The van der Waals surface area contributed by atoms with Crippen LogP contribution in [0.25, 0.3) is 0 Å². The number of pyridine rings is 1. The first kappa shape index (κ1) is 17.6. The van der Waals surface area contributed by atoms with E-state index in [1.165, 1.54) is 18.3 Å². The van der Waals surface area contributed by atoms with Crippen LogP contribution in [0.3, 0.4) is 0 Å². The topological polar surface area (TPSA) is 65.8 Å². The first-order chi connectivity index (χ1) is 11.7. The van der Waals surface area contributed by atoms with E-state index in [2.05, 4.69) is 26.0 Å². The van der Waals surface area contributed by atoms with E-state index in [-0.39, 0.29) is 16.3 Å². The summed E-state index contributed by atoms with van der Waals surface area (Å²) in [6, 6.07) is 9.09. The van der Waals surface area contributed by atoms with Crippen molar-refractivity contribution < 1.29 is 23.1 Å². The Hall–Kier alpha value is -2.26. The second kappa shape index (κ2) is 6.23. The maximum Gasteiger partial charge on any atom is 0.438 e. The molecule has 0 radical (unpaired) electrons. The van der Waals surface area contributed by atoms with Crippen LogP contribution < -0.4 is 0 Å². The zero-order valence-corrected chi connectivity index (χ0v) is 14.1. The zero-order chi connectivity index (χ0) is 18.2. The van der Waals surface area contributed by atoms with Gasteiger partial charge in [-0.05, 0) is 29.8 Å². The minimum Gasteiger partial charge on any atom is -0.362 e. The highest BCUT2D eigenvalue weighted by molar-refractivity contribution is 9.10. The number of aliphatic hydroxyl groups is 1. The van der Waals surface area contributed by atoms with Crippen molar-refractivity contribution in [2.45, 2.75) is 18.3 Å². The van der Waals surface area contributed by atoms with Gasteiger partial charge in [0.15, 0.2) is 0 Å². The number of nitrogens with zero attached hydrogens (tertiary/aromatic N) is 3. The number of carbonyl (C=O) groups is 1. The Balaban J connectivity index is 2.04. The standard InChI is InChI=1S/C16H11BrF3N3O2/c17-12-5-3-10(4-6-12)13-8-15(25,16(18,19)20)23(22-13)14(24)11-2-1-7-21-9-11/h1-7,9,25H,8H2/t15-/m1/s1. The molecule has 0 saturated carbocycles. The number of amides is 1. The van der Waals surface area contributed by atoms with Gasteiger partial charge in [-0.25, -0.2) is 0 Å². The zero-order valence-electron chi connectivity index (χ0n) is 12.5. The lowest BCUT2D eigenvalue weighted by atomic mass is 10.0. The summed E-state index contributed by atoms with van der Waals surface area (Å²) in [5, 5.41) is 14.1. The van der Waals surface area contributed by atoms with Gasteiger partial charge in [0.1, 0.15) is 0 Å². The average Bonchev–Trinajstić information content (AvgIpc) is 2.94. The first-order valence-corrected chi connectivity index (χ1v) is 7.89. The molecule has 2 heterocycles. The van der Waals surface area contributed by atoms with Crippen molar-refractivity contribution >= 4 is 27.5 Å². The van der Waals surface area contributed by atoms with Crippen LogP contribution in [0.15, 0.2) is 58.4 Å². The lowest BCUT2D eigenvalue weighted by Gasteiger charge is -2.32. The third-order valence-corrected chi connectivity index (χ3v) is 4.25. The highest BCUT2D eigenvalue weighted by Gasteiger charge is 2.63. The molecule has 1 aromatic carbocycles. The molecular formula is C16H11BrF3N3O2. The normalized spacial score (nSPS) is 20.5. The second-order valence-electron chi connectivity index (χ2n) is 5.40. The molecular weight excluding hydrogens is 403 g/mol. The van der Waals surface area contributed by atoms with E-state index in [1.807, 2.05) is 0 Å². The van der Waals surface area contributed by atoms with E-state index in [1.54, 1.807) is 24.3 Å². The Labute approximate surface area is 148 Å². The van der Waals surface area contributed by atoms with Gasteiger partial charge in [0.05, 0.1) is 17.7 Å². The number of halogens is 4. The van der Waals surface area contributed by atoms with Crippen molar-refractivity contribution in [2.24, 2.45) is 5.10 Å². The lowest BCUT2D eigenvalue weighted by molar-refractivity contribution is -0.297. The summed E-state index contributed by atoms with van der Waals surface area (Å²) in [7, 11) is 0. The third kappa shape index (κ3) is 3.16. The van der Waals surface area contributed by atoms with Gasteiger partial charge >= 0.3 is 6.18 Å². The Morgan fingerprint density at radius 1 is 1.24 bits per heavy atom. The van der Waals surface area contributed by atoms with Crippen molar-refractivity contribution in [3.05, 3.63) is 64.4 Å². The number of benzene rings is 1. The fourth-order valence-electron chi connectivity index (χ4n) is 2.39. The smallest absolute Gasteiger partial charge is 0.362 e. The summed E-state index contributed by atoms with van der Waals surface area (Å²) in [4.78, 5) is 16.2. The maximum atomic E-state index is 13.5. The molecule has 0 unspecified atom stereocenters. The molecule has 1 atom stereocenters. The van der Waals surface area contributed by atoms with E-state index in [4.69, 9.17) is 0 Å². The molecule has 1 aliphatic heterocycles. The summed E-state index contributed by atoms with van der Waals surface area (Å²) >= 11 is 3.23. The van der Waals surface area contributed by atoms with Gasteiger partial charge in [0, 0.05) is 16.9 Å². The van der Waals surface area contributed by atoms with Crippen LogP contribution in [-0.4, -0.2) is 38.6 Å². The van der Waals surface area contributed by atoms with E-state index < -0.39 is 24.2 Å². The summed E-state index contributed by atoms with van der Waals surface area (Å²) in [6.07, 6.45) is -3.44. The van der Waals surface area contributed by atoms with Crippen LogP contribution in [0.1, 0.15) is 22.3 Å². The molecule has 1 amide bonds.